The minimum absolute atomic E-state index is 0.0861. The van der Waals surface area contributed by atoms with Gasteiger partial charge in [-0.25, -0.2) is 0 Å². The Morgan fingerprint density at radius 2 is 1.79 bits per heavy atom. The SMILES string of the molecule is C[13CH2]C1=C(O)c2cc(OC)cc(OC)c2C(=O)C1=O. The standard InChI is InChI=1S/C14H14O5/c1-4-8-12(15)9-5-7(18-2)6-10(19-3)11(9)14(17)13(8)16/h5-6,15H,4H2,1-3H3/i4+1. The molecule has 0 aromatic heterocycles. The second-order valence-corrected chi connectivity index (χ2v) is 4.09. The number of ketones is 2. The predicted octanol–water partition coefficient (Wildman–Crippen LogP) is 2.15. The molecule has 0 spiro atoms. The van der Waals surface area contributed by atoms with Gasteiger partial charge in [-0.3, -0.25) is 9.59 Å². The van der Waals surface area contributed by atoms with Crippen LogP contribution in [0.4, 0.5) is 0 Å². The normalized spacial score (nSPS) is 14.5. The Morgan fingerprint density at radius 3 is 2.32 bits per heavy atom. The highest BCUT2D eigenvalue weighted by atomic mass is 16.5. The van der Waals surface area contributed by atoms with E-state index in [-0.39, 0.29) is 34.6 Å². The first-order chi connectivity index (χ1) is 9.04. The lowest BCUT2D eigenvalue weighted by atomic mass is 9.89. The number of benzene rings is 1. The Balaban J connectivity index is 2.80. The summed E-state index contributed by atoms with van der Waals surface area (Å²) in [6, 6.07) is 3.03. The Hall–Kier alpha value is -2.30. The summed E-state index contributed by atoms with van der Waals surface area (Å²) in [5.41, 5.74) is 0.480. The lowest BCUT2D eigenvalue weighted by molar-refractivity contribution is -0.112. The summed E-state index contributed by atoms with van der Waals surface area (Å²) in [6.45, 7) is 1.71. The first kappa shape index (κ1) is 13.1. The summed E-state index contributed by atoms with van der Waals surface area (Å²) < 4.78 is 10.2. The second kappa shape index (κ2) is 4.76. The van der Waals surface area contributed by atoms with Crippen LogP contribution < -0.4 is 9.47 Å². The summed E-state index contributed by atoms with van der Waals surface area (Å²) in [6.07, 6.45) is 0.287. The largest absolute Gasteiger partial charge is 0.507 e. The third kappa shape index (κ3) is 1.87. The van der Waals surface area contributed by atoms with Gasteiger partial charge in [0.2, 0.25) is 11.6 Å². The number of Topliss-reactive ketones (excluding diaryl/α,β-unsaturated/α-hetero) is 2. The van der Waals surface area contributed by atoms with Crippen LogP contribution in [-0.4, -0.2) is 30.9 Å². The average Bonchev–Trinajstić information content (AvgIpc) is 2.44. The van der Waals surface area contributed by atoms with Crippen LogP contribution in [-0.2, 0) is 4.79 Å². The highest BCUT2D eigenvalue weighted by Gasteiger charge is 2.35. The molecule has 0 radical (unpaired) electrons. The van der Waals surface area contributed by atoms with E-state index in [1.165, 1.54) is 26.4 Å². The minimum atomic E-state index is -0.684. The number of methoxy groups -OCH3 is 2. The van der Waals surface area contributed by atoms with E-state index in [0.29, 0.717) is 5.75 Å². The molecule has 0 saturated heterocycles. The van der Waals surface area contributed by atoms with E-state index in [9.17, 15) is 14.7 Å². The van der Waals surface area contributed by atoms with Gasteiger partial charge in [-0.15, -0.1) is 0 Å². The van der Waals surface area contributed by atoms with E-state index in [0.717, 1.165) is 0 Å². The van der Waals surface area contributed by atoms with Crippen molar-refractivity contribution in [2.45, 2.75) is 13.3 Å². The van der Waals surface area contributed by atoms with Crippen molar-refractivity contribution in [3.63, 3.8) is 0 Å². The van der Waals surface area contributed by atoms with Crippen molar-refractivity contribution < 1.29 is 24.2 Å². The van der Waals surface area contributed by atoms with Crippen molar-refractivity contribution in [1.29, 1.82) is 0 Å². The Labute approximate surface area is 110 Å². The zero-order valence-electron chi connectivity index (χ0n) is 10.9. The topological polar surface area (TPSA) is 72.8 Å². The number of allylic oxidation sites excluding steroid dienone is 1. The molecule has 5 nitrogen and oxygen atoms in total. The molecule has 0 unspecified atom stereocenters. The molecular formula is C14H14O5. The molecule has 1 aromatic carbocycles. The average molecular weight is 263 g/mol. The fourth-order valence-corrected chi connectivity index (χ4v) is 2.14. The van der Waals surface area contributed by atoms with Gasteiger partial charge in [0.15, 0.2) is 0 Å². The van der Waals surface area contributed by atoms with Gasteiger partial charge in [0.05, 0.1) is 19.8 Å². The summed E-state index contributed by atoms with van der Waals surface area (Å²) in [7, 11) is 2.86. The van der Waals surface area contributed by atoms with Gasteiger partial charge in [0, 0.05) is 17.2 Å². The Bertz CT molecular complexity index is 598. The fourth-order valence-electron chi connectivity index (χ4n) is 2.14. The van der Waals surface area contributed by atoms with E-state index in [1.807, 2.05) is 0 Å². The number of ether oxygens (including phenoxy) is 2. The van der Waals surface area contributed by atoms with Gasteiger partial charge in [0.1, 0.15) is 17.3 Å². The fraction of sp³-hybridized carbons (Fsp3) is 0.286. The number of aliphatic hydroxyl groups is 1. The van der Waals surface area contributed by atoms with E-state index >= 15 is 0 Å². The summed E-state index contributed by atoms with van der Waals surface area (Å²) >= 11 is 0. The van der Waals surface area contributed by atoms with E-state index in [4.69, 9.17) is 9.47 Å². The monoisotopic (exact) mass is 263 g/mol. The molecule has 0 saturated carbocycles. The quantitative estimate of drug-likeness (QED) is 0.668. The highest BCUT2D eigenvalue weighted by molar-refractivity contribution is 6.52. The van der Waals surface area contributed by atoms with Gasteiger partial charge in [0.25, 0.3) is 0 Å². The molecule has 0 bridgehead atoms. The van der Waals surface area contributed by atoms with Crippen LogP contribution in [0.25, 0.3) is 5.76 Å². The number of carbonyl (C=O) groups is 2. The van der Waals surface area contributed by atoms with Gasteiger partial charge < -0.3 is 14.6 Å². The van der Waals surface area contributed by atoms with Gasteiger partial charge in [-0.2, -0.15) is 0 Å². The van der Waals surface area contributed by atoms with Crippen molar-refractivity contribution in [2.75, 3.05) is 14.2 Å². The van der Waals surface area contributed by atoms with Crippen molar-refractivity contribution in [1.82, 2.24) is 0 Å². The number of hydrogen-bond acceptors (Lipinski definition) is 5. The molecule has 0 amide bonds. The molecular weight excluding hydrogens is 249 g/mol. The van der Waals surface area contributed by atoms with E-state index in [2.05, 4.69) is 0 Å². The molecule has 1 aliphatic rings. The Kier molecular flexibility index (Phi) is 3.29. The minimum Gasteiger partial charge on any atom is -0.507 e. The molecule has 0 fully saturated rings. The molecule has 1 aliphatic carbocycles. The van der Waals surface area contributed by atoms with Gasteiger partial charge in [-0.05, 0) is 12.5 Å². The zero-order valence-corrected chi connectivity index (χ0v) is 10.9. The van der Waals surface area contributed by atoms with Crippen LogP contribution in [0.2, 0.25) is 0 Å². The van der Waals surface area contributed by atoms with Crippen molar-refractivity contribution in [2.24, 2.45) is 0 Å². The lowest BCUT2D eigenvalue weighted by Crippen LogP contribution is -2.24. The van der Waals surface area contributed by atoms with Crippen molar-refractivity contribution in [3.05, 3.63) is 28.8 Å². The number of hydrogen-bond donors (Lipinski definition) is 1. The molecule has 0 heterocycles. The molecule has 100 valence electrons. The maximum absolute atomic E-state index is 12.1. The summed E-state index contributed by atoms with van der Waals surface area (Å²) in [5.74, 6) is -0.867. The highest BCUT2D eigenvalue weighted by Crippen LogP contribution is 2.37. The van der Waals surface area contributed by atoms with Crippen molar-refractivity contribution in [3.8, 4) is 11.5 Å². The molecule has 19 heavy (non-hydrogen) atoms. The van der Waals surface area contributed by atoms with Gasteiger partial charge in [-0.1, -0.05) is 6.92 Å². The number of aliphatic hydroxyl groups excluding tert-OH is 1. The van der Waals surface area contributed by atoms with Crippen molar-refractivity contribution >= 4 is 17.3 Å². The Morgan fingerprint density at radius 1 is 1.11 bits per heavy atom. The van der Waals surface area contributed by atoms with Crippen LogP contribution in [0.15, 0.2) is 17.7 Å². The lowest BCUT2D eigenvalue weighted by Gasteiger charge is -2.20. The van der Waals surface area contributed by atoms with Crippen LogP contribution in [0.1, 0.15) is 29.3 Å². The third-order valence-corrected chi connectivity index (χ3v) is 3.13. The number of rotatable bonds is 3. The third-order valence-electron chi connectivity index (χ3n) is 3.13. The molecule has 5 heteroatoms. The maximum Gasteiger partial charge on any atom is 0.237 e. The first-order valence-corrected chi connectivity index (χ1v) is 5.82. The predicted molar refractivity (Wildman–Crippen MR) is 68.7 cm³/mol. The van der Waals surface area contributed by atoms with Crippen LogP contribution in [0.5, 0.6) is 11.5 Å². The second-order valence-electron chi connectivity index (χ2n) is 4.09. The number of carbonyl (C=O) groups excluding carboxylic acids is 2. The molecule has 2 rings (SSSR count). The van der Waals surface area contributed by atoms with Crippen LogP contribution in [0.3, 0.4) is 0 Å². The van der Waals surface area contributed by atoms with E-state index in [1.54, 1.807) is 6.92 Å². The molecule has 0 aliphatic heterocycles. The van der Waals surface area contributed by atoms with Crippen LogP contribution in [0, 0.1) is 0 Å². The smallest absolute Gasteiger partial charge is 0.237 e. The summed E-state index contributed by atoms with van der Waals surface area (Å²) in [5, 5.41) is 10.1. The van der Waals surface area contributed by atoms with E-state index < -0.39 is 11.6 Å². The number of fused-ring (bicyclic) bond motifs is 1. The maximum atomic E-state index is 12.1. The summed E-state index contributed by atoms with van der Waals surface area (Å²) in [4.78, 5) is 24.0. The first-order valence-electron chi connectivity index (χ1n) is 5.82. The molecule has 0 atom stereocenters. The zero-order chi connectivity index (χ0) is 14.2. The molecule has 1 aromatic rings. The molecule has 1 N–H and O–H groups in total. The van der Waals surface area contributed by atoms with Gasteiger partial charge >= 0.3 is 0 Å². The van der Waals surface area contributed by atoms with Crippen LogP contribution >= 0.6 is 0 Å².